The summed E-state index contributed by atoms with van der Waals surface area (Å²) in [6, 6.07) is 0. The number of H-pyrrole nitrogens is 1. The summed E-state index contributed by atoms with van der Waals surface area (Å²) in [5.74, 6) is 0.682. The van der Waals surface area contributed by atoms with Crippen molar-refractivity contribution in [2.24, 2.45) is 5.73 Å². The van der Waals surface area contributed by atoms with Crippen molar-refractivity contribution in [2.75, 3.05) is 12.3 Å². The van der Waals surface area contributed by atoms with Crippen LogP contribution < -0.4 is 11.5 Å². The average molecular weight is 227 g/mol. The van der Waals surface area contributed by atoms with Crippen molar-refractivity contribution in [3.05, 3.63) is 11.8 Å². The number of nitrogens with two attached hydrogens (primary N) is 2. The number of hydrogen-bond donors (Lipinski definition) is 3. The lowest BCUT2D eigenvalue weighted by Crippen LogP contribution is -1.99. The third-order valence-corrected chi connectivity index (χ3v) is 1.65. The molecule has 0 saturated carbocycles. The van der Waals surface area contributed by atoms with Gasteiger partial charge in [-0.05, 0) is 25.8 Å². The Labute approximate surface area is 90.3 Å². The van der Waals surface area contributed by atoms with Crippen LogP contribution in [0.1, 0.15) is 18.4 Å². The van der Waals surface area contributed by atoms with E-state index in [2.05, 4.69) is 10.2 Å². The molecule has 0 radical (unpaired) electrons. The molecule has 0 fully saturated rings. The highest BCUT2D eigenvalue weighted by Crippen LogP contribution is 2.09. The zero-order chi connectivity index (χ0) is 8.10. The number of aryl methyl sites for hydroxylation is 1. The summed E-state index contributed by atoms with van der Waals surface area (Å²) in [5, 5.41) is 6.51. The second-order valence-electron chi connectivity index (χ2n) is 2.55. The van der Waals surface area contributed by atoms with Crippen molar-refractivity contribution >= 4 is 30.6 Å². The summed E-state index contributed by atoms with van der Waals surface area (Å²) in [6.45, 7) is 0.748. The van der Waals surface area contributed by atoms with E-state index in [1.165, 1.54) is 0 Å². The Hall–Kier alpha value is -0.450. The van der Waals surface area contributed by atoms with Crippen LogP contribution in [0.15, 0.2) is 6.20 Å². The van der Waals surface area contributed by atoms with Crippen molar-refractivity contribution in [3.63, 3.8) is 0 Å². The molecule has 0 bridgehead atoms. The first-order valence-electron chi connectivity index (χ1n) is 3.82. The van der Waals surface area contributed by atoms with Crippen molar-refractivity contribution in [2.45, 2.75) is 19.3 Å². The fourth-order valence-electron chi connectivity index (χ4n) is 0.980. The number of halogens is 2. The van der Waals surface area contributed by atoms with E-state index >= 15 is 0 Å². The predicted molar refractivity (Wildman–Crippen MR) is 59.5 cm³/mol. The third kappa shape index (κ3) is 4.98. The van der Waals surface area contributed by atoms with Crippen LogP contribution in [-0.2, 0) is 6.42 Å². The molecule has 1 heterocycles. The molecule has 78 valence electrons. The van der Waals surface area contributed by atoms with E-state index in [-0.39, 0.29) is 24.8 Å². The molecule has 0 saturated heterocycles. The lowest BCUT2D eigenvalue weighted by Gasteiger charge is -1.96. The van der Waals surface area contributed by atoms with Gasteiger partial charge in [-0.15, -0.1) is 24.8 Å². The van der Waals surface area contributed by atoms with Gasteiger partial charge in [0.2, 0.25) is 0 Å². The number of nitrogens with zero attached hydrogens (tertiary/aromatic N) is 1. The van der Waals surface area contributed by atoms with Gasteiger partial charge in [0, 0.05) is 5.56 Å². The number of anilines is 1. The molecule has 0 amide bonds. The van der Waals surface area contributed by atoms with E-state index in [1.54, 1.807) is 6.20 Å². The Balaban J connectivity index is 0. The highest BCUT2D eigenvalue weighted by atomic mass is 35.5. The van der Waals surface area contributed by atoms with Gasteiger partial charge in [0.25, 0.3) is 0 Å². The summed E-state index contributed by atoms with van der Waals surface area (Å²) in [7, 11) is 0. The molecule has 1 rings (SSSR count). The van der Waals surface area contributed by atoms with Gasteiger partial charge >= 0.3 is 0 Å². The molecule has 5 N–H and O–H groups in total. The number of hydrogen-bond acceptors (Lipinski definition) is 3. The summed E-state index contributed by atoms with van der Waals surface area (Å²) < 4.78 is 0. The SMILES string of the molecule is Cl.Cl.NCCCCc1cn[nH]c1N. The minimum atomic E-state index is 0. The lowest BCUT2D eigenvalue weighted by molar-refractivity contribution is 0.746. The van der Waals surface area contributed by atoms with E-state index < -0.39 is 0 Å². The molecule has 1 aromatic rings. The smallest absolute Gasteiger partial charge is 0.121 e. The molecular weight excluding hydrogens is 211 g/mol. The maximum Gasteiger partial charge on any atom is 0.121 e. The van der Waals surface area contributed by atoms with Gasteiger partial charge in [-0.3, -0.25) is 5.10 Å². The van der Waals surface area contributed by atoms with Crippen LogP contribution in [0, 0.1) is 0 Å². The molecule has 0 aliphatic heterocycles. The Bertz CT molecular complexity index is 214. The van der Waals surface area contributed by atoms with E-state index in [9.17, 15) is 0 Å². The zero-order valence-electron chi connectivity index (χ0n) is 7.32. The number of aromatic nitrogens is 2. The van der Waals surface area contributed by atoms with Crippen LogP contribution in [0.5, 0.6) is 0 Å². The van der Waals surface area contributed by atoms with Gasteiger partial charge in [-0.2, -0.15) is 5.10 Å². The minimum absolute atomic E-state index is 0. The first-order chi connectivity index (χ1) is 5.34. The standard InChI is InChI=1S/C7H14N4.2ClH/c8-4-2-1-3-6-5-10-11-7(6)9;;/h5H,1-4,8H2,(H3,9,10,11);2*1H. The number of nitrogens with one attached hydrogen (secondary N) is 1. The number of rotatable bonds is 4. The molecule has 0 atom stereocenters. The van der Waals surface area contributed by atoms with Crippen LogP contribution in [0.2, 0.25) is 0 Å². The van der Waals surface area contributed by atoms with Gasteiger partial charge in [0.1, 0.15) is 5.82 Å². The summed E-state index contributed by atoms with van der Waals surface area (Å²) in [6.07, 6.45) is 4.87. The van der Waals surface area contributed by atoms with E-state index in [1.807, 2.05) is 0 Å². The second kappa shape index (κ2) is 8.16. The first-order valence-corrected chi connectivity index (χ1v) is 3.82. The Morgan fingerprint density at radius 2 is 2.00 bits per heavy atom. The van der Waals surface area contributed by atoms with Crippen molar-refractivity contribution < 1.29 is 0 Å². The number of unbranched alkanes of at least 4 members (excludes halogenated alkanes) is 1. The number of nitrogen functional groups attached to an aromatic ring is 1. The van der Waals surface area contributed by atoms with E-state index in [4.69, 9.17) is 11.5 Å². The maximum atomic E-state index is 5.57. The molecule has 0 unspecified atom stereocenters. The topological polar surface area (TPSA) is 80.7 Å². The fourth-order valence-corrected chi connectivity index (χ4v) is 0.980. The van der Waals surface area contributed by atoms with Gasteiger partial charge in [0.15, 0.2) is 0 Å². The Morgan fingerprint density at radius 3 is 2.46 bits per heavy atom. The molecular formula is C7H16Cl2N4. The summed E-state index contributed by atoms with van der Waals surface area (Å²) in [4.78, 5) is 0. The first kappa shape index (κ1) is 15.0. The molecule has 0 aliphatic carbocycles. The van der Waals surface area contributed by atoms with Crippen LogP contribution in [0.4, 0.5) is 5.82 Å². The average Bonchev–Trinajstić information content (AvgIpc) is 2.37. The predicted octanol–water partition coefficient (Wildman–Crippen LogP) is 1.12. The Kier molecular flexibility index (Phi) is 9.44. The molecule has 13 heavy (non-hydrogen) atoms. The monoisotopic (exact) mass is 226 g/mol. The highest BCUT2D eigenvalue weighted by Gasteiger charge is 1.98. The van der Waals surface area contributed by atoms with Crippen LogP contribution in [0.25, 0.3) is 0 Å². The van der Waals surface area contributed by atoms with Gasteiger partial charge < -0.3 is 11.5 Å². The summed E-state index contributed by atoms with van der Waals surface area (Å²) >= 11 is 0. The molecule has 1 aromatic heterocycles. The fraction of sp³-hybridized carbons (Fsp3) is 0.571. The zero-order valence-corrected chi connectivity index (χ0v) is 8.96. The molecule has 4 nitrogen and oxygen atoms in total. The Morgan fingerprint density at radius 1 is 1.31 bits per heavy atom. The van der Waals surface area contributed by atoms with Gasteiger partial charge in [0.05, 0.1) is 6.20 Å². The normalized spacial score (nSPS) is 8.69. The minimum Gasteiger partial charge on any atom is -0.384 e. The molecule has 6 heteroatoms. The highest BCUT2D eigenvalue weighted by molar-refractivity contribution is 5.85. The van der Waals surface area contributed by atoms with Crippen LogP contribution in [-0.4, -0.2) is 16.7 Å². The van der Waals surface area contributed by atoms with Crippen molar-refractivity contribution in [3.8, 4) is 0 Å². The lowest BCUT2D eigenvalue weighted by atomic mass is 10.1. The largest absolute Gasteiger partial charge is 0.384 e. The van der Waals surface area contributed by atoms with Crippen LogP contribution in [0.3, 0.4) is 0 Å². The van der Waals surface area contributed by atoms with Crippen LogP contribution >= 0.6 is 24.8 Å². The maximum absolute atomic E-state index is 5.57. The third-order valence-electron chi connectivity index (χ3n) is 1.65. The summed E-state index contributed by atoms with van der Waals surface area (Å²) in [5.41, 5.74) is 12.0. The van der Waals surface area contributed by atoms with E-state index in [0.717, 1.165) is 31.4 Å². The molecule has 0 aromatic carbocycles. The number of aromatic amines is 1. The second-order valence-corrected chi connectivity index (χ2v) is 2.55. The van der Waals surface area contributed by atoms with Gasteiger partial charge in [-0.25, -0.2) is 0 Å². The van der Waals surface area contributed by atoms with Gasteiger partial charge in [-0.1, -0.05) is 0 Å². The van der Waals surface area contributed by atoms with E-state index in [0.29, 0.717) is 5.82 Å². The molecule has 0 aliphatic rings. The van der Waals surface area contributed by atoms with Crippen molar-refractivity contribution in [1.82, 2.24) is 10.2 Å². The molecule has 0 spiro atoms. The quantitative estimate of drug-likeness (QED) is 0.674. The van der Waals surface area contributed by atoms with Crippen molar-refractivity contribution in [1.29, 1.82) is 0 Å².